The van der Waals surface area contributed by atoms with Crippen LogP contribution in [0.4, 0.5) is 0 Å². The molecule has 2 nitrogen and oxygen atoms in total. The lowest BCUT2D eigenvalue weighted by Crippen LogP contribution is -2.09. The summed E-state index contributed by atoms with van der Waals surface area (Å²) in [5.41, 5.74) is 7.16. The first-order chi connectivity index (χ1) is 6.24. The Bertz CT molecular complexity index is 263. The van der Waals surface area contributed by atoms with Crippen molar-refractivity contribution >= 4 is 15.9 Å². The lowest BCUT2D eigenvalue weighted by molar-refractivity contribution is 0.602. The molecule has 2 N–H and O–H groups in total. The van der Waals surface area contributed by atoms with Crippen molar-refractivity contribution in [1.29, 1.82) is 0 Å². The van der Waals surface area contributed by atoms with E-state index in [1.165, 1.54) is 12.8 Å². The molecule has 0 saturated heterocycles. The highest BCUT2D eigenvalue weighted by Gasteiger charge is 2.05. The Balaban J connectivity index is 2.60. The van der Waals surface area contributed by atoms with Crippen LogP contribution in [-0.2, 0) is 0 Å². The van der Waals surface area contributed by atoms with E-state index in [2.05, 4.69) is 27.8 Å². The highest BCUT2D eigenvalue weighted by molar-refractivity contribution is 9.10. The van der Waals surface area contributed by atoms with Gasteiger partial charge in [-0.2, -0.15) is 0 Å². The van der Waals surface area contributed by atoms with Crippen molar-refractivity contribution in [3.8, 4) is 0 Å². The highest BCUT2D eigenvalue weighted by Crippen LogP contribution is 2.18. The zero-order valence-electron chi connectivity index (χ0n) is 7.83. The Labute approximate surface area is 87.7 Å². The summed E-state index contributed by atoms with van der Waals surface area (Å²) in [4.78, 5) is 4.06. The number of rotatable bonds is 4. The third kappa shape index (κ3) is 3.44. The molecule has 0 saturated carbocycles. The van der Waals surface area contributed by atoms with Gasteiger partial charge in [0.05, 0.1) is 0 Å². The van der Waals surface area contributed by atoms with E-state index >= 15 is 0 Å². The smallest absolute Gasteiger partial charge is 0.106 e. The van der Waals surface area contributed by atoms with E-state index < -0.39 is 0 Å². The van der Waals surface area contributed by atoms with Crippen LogP contribution in [0.3, 0.4) is 0 Å². The summed E-state index contributed by atoms with van der Waals surface area (Å²) in [5.74, 6) is 0. The molecule has 0 fully saturated rings. The molecule has 0 aromatic carbocycles. The van der Waals surface area contributed by atoms with Gasteiger partial charge in [-0.05, 0) is 40.0 Å². The average Bonchev–Trinajstić information content (AvgIpc) is 2.14. The molecule has 1 rings (SSSR count). The number of pyridine rings is 1. The molecular weight excluding hydrogens is 228 g/mol. The van der Waals surface area contributed by atoms with Gasteiger partial charge >= 0.3 is 0 Å². The second-order valence-corrected chi connectivity index (χ2v) is 3.97. The monoisotopic (exact) mass is 242 g/mol. The maximum atomic E-state index is 6.00. The predicted octanol–water partition coefficient (Wildman–Crippen LogP) is 3.03. The number of hydrogen-bond acceptors (Lipinski definition) is 2. The average molecular weight is 243 g/mol. The molecule has 1 atom stereocenters. The van der Waals surface area contributed by atoms with Crippen LogP contribution in [0.25, 0.3) is 0 Å². The van der Waals surface area contributed by atoms with Gasteiger partial charge in [0.15, 0.2) is 0 Å². The Morgan fingerprint density at radius 3 is 3.00 bits per heavy atom. The van der Waals surface area contributed by atoms with Gasteiger partial charge in [-0.1, -0.05) is 19.8 Å². The SMILES string of the molecule is CCCC[C@H](N)c1ccnc(Br)c1. The predicted molar refractivity (Wildman–Crippen MR) is 58.4 cm³/mol. The fourth-order valence-corrected chi connectivity index (χ4v) is 1.62. The van der Waals surface area contributed by atoms with E-state index in [9.17, 15) is 0 Å². The zero-order chi connectivity index (χ0) is 9.68. The minimum atomic E-state index is 0.152. The van der Waals surface area contributed by atoms with Crippen LogP contribution in [0.2, 0.25) is 0 Å². The topological polar surface area (TPSA) is 38.9 Å². The van der Waals surface area contributed by atoms with E-state index in [0.29, 0.717) is 0 Å². The second-order valence-electron chi connectivity index (χ2n) is 3.16. The lowest BCUT2D eigenvalue weighted by Gasteiger charge is -2.10. The molecule has 0 unspecified atom stereocenters. The molecule has 72 valence electrons. The van der Waals surface area contributed by atoms with Crippen molar-refractivity contribution in [3.05, 3.63) is 28.5 Å². The van der Waals surface area contributed by atoms with Crippen molar-refractivity contribution in [2.45, 2.75) is 32.2 Å². The molecule has 1 aromatic heterocycles. The van der Waals surface area contributed by atoms with Gasteiger partial charge in [-0.25, -0.2) is 4.98 Å². The number of nitrogens with two attached hydrogens (primary N) is 1. The summed E-state index contributed by atoms with van der Waals surface area (Å²) < 4.78 is 0.858. The van der Waals surface area contributed by atoms with Crippen LogP contribution < -0.4 is 5.73 Å². The molecule has 0 amide bonds. The van der Waals surface area contributed by atoms with Crippen molar-refractivity contribution in [2.75, 3.05) is 0 Å². The van der Waals surface area contributed by atoms with Crippen molar-refractivity contribution in [2.24, 2.45) is 5.73 Å². The number of aromatic nitrogens is 1. The summed E-state index contributed by atoms with van der Waals surface area (Å²) in [5, 5.41) is 0. The summed E-state index contributed by atoms with van der Waals surface area (Å²) in [6, 6.07) is 4.12. The van der Waals surface area contributed by atoms with E-state index in [4.69, 9.17) is 5.73 Å². The van der Waals surface area contributed by atoms with Crippen LogP contribution >= 0.6 is 15.9 Å². The number of halogens is 1. The third-order valence-electron chi connectivity index (χ3n) is 2.05. The van der Waals surface area contributed by atoms with Crippen LogP contribution in [-0.4, -0.2) is 4.98 Å². The Morgan fingerprint density at radius 2 is 2.38 bits per heavy atom. The van der Waals surface area contributed by atoms with Crippen LogP contribution in [0.5, 0.6) is 0 Å². The molecule has 3 heteroatoms. The molecule has 0 aliphatic heterocycles. The third-order valence-corrected chi connectivity index (χ3v) is 2.48. The number of nitrogens with zero attached hydrogens (tertiary/aromatic N) is 1. The summed E-state index contributed by atoms with van der Waals surface area (Å²) in [6.45, 7) is 2.18. The first-order valence-corrected chi connectivity index (χ1v) is 5.40. The molecule has 0 spiro atoms. The van der Waals surface area contributed by atoms with Crippen LogP contribution in [0.15, 0.2) is 22.9 Å². The molecule has 1 aromatic rings. The van der Waals surface area contributed by atoms with Crippen LogP contribution in [0.1, 0.15) is 37.8 Å². The van der Waals surface area contributed by atoms with Crippen molar-refractivity contribution in [3.63, 3.8) is 0 Å². The van der Waals surface area contributed by atoms with E-state index in [-0.39, 0.29) is 6.04 Å². The highest BCUT2D eigenvalue weighted by atomic mass is 79.9. The molecular formula is C10H15BrN2. The molecule has 0 aliphatic carbocycles. The van der Waals surface area contributed by atoms with Gasteiger partial charge in [-0.3, -0.25) is 0 Å². The van der Waals surface area contributed by atoms with Gasteiger partial charge in [0.25, 0.3) is 0 Å². The lowest BCUT2D eigenvalue weighted by atomic mass is 10.0. The Kier molecular flexibility index (Phi) is 4.39. The minimum Gasteiger partial charge on any atom is -0.324 e. The maximum Gasteiger partial charge on any atom is 0.106 e. The number of hydrogen-bond donors (Lipinski definition) is 1. The molecule has 0 aliphatic rings. The first kappa shape index (κ1) is 10.7. The zero-order valence-corrected chi connectivity index (χ0v) is 9.42. The second kappa shape index (κ2) is 5.35. The van der Waals surface area contributed by atoms with Gasteiger partial charge in [-0.15, -0.1) is 0 Å². The van der Waals surface area contributed by atoms with Gasteiger partial charge in [0.2, 0.25) is 0 Å². The van der Waals surface area contributed by atoms with E-state index in [1.54, 1.807) is 6.20 Å². The van der Waals surface area contributed by atoms with Gasteiger partial charge < -0.3 is 5.73 Å². The molecule has 13 heavy (non-hydrogen) atoms. The fraction of sp³-hybridized carbons (Fsp3) is 0.500. The van der Waals surface area contributed by atoms with Gasteiger partial charge in [0, 0.05) is 12.2 Å². The Morgan fingerprint density at radius 1 is 1.62 bits per heavy atom. The van der Waals surface area contributed by atoms with E-state index in [0.717, 1.165) is 16.6 Å². The number of unbranched alkanes of at least 4 members (excludes halogenated alkanes) is 1. The molecule has 0 radical (unpaired) electrons. The first-order valence-electron chi connectivity index (χ1n) is 4.61. The molecule has 1 heterocycles. The summed E-state index contributed by atoms with van der Waals surface area (Å²) >= 11 is 3.33. The largest absolute Gasteiger partial charge is 0.324 e. The Hall–Kier alpha value is -0.410. The van der Waals surface area contributed by atoms with Gasteiger partial charge in [0.1, 0.15) is 4.60 Å². The van der Waals surface area contributed by atoms with E-state index in [1.807, 2.05) is 12.1 Å². The molecule has 0 bridgehead atoms. The maximum absolute atomic E-state index is 6.00. The summed E-state index contributed by atoms with van der Waals surface area (Å²) in [7, 11) is 0. The minimum absolute atomic E-state index is 0.152. The quantitative estimate of drug-likeness (QED) is 0.825. The van der Waals surface area contributed by atoms with Crippen LogP contribution in [0, 0.1) is 0 Å². The summed E-state index contributed by atoms with van der Waals surface area (Å²) in [6.07, 6.45) is 5.21. The van der Waals surface area contributed by atoms with Crippen molar-refractivity contribution < 1.29 is 0 Å². The van der Waals surface area contributed by atoms with Crippen molar-refractivity contribution in [1.82, 2.24) is 4.98 Å². The normalized spacial score (nSPS) is 12.8. The fourth-order valence-electron chi connectivity index (χ4n) is 1.24. The standard InChI is InChI=1S/C10H15BrN2/c1-2-3-4-9(12)8-5-6-13-10(11)7-8/h5-7,9H,2-4,12H2,1H3/t9-/m0/s1.